The van der Waals surface area contributed by atoms with Crippen LogP contribution in [0.5, 0.6) is 0 Å². The van der Waals surface area contributed by atoms with Crippen molar-refractivity contribution in [3.05, 3.63) is 118 Å². The molecule has 0 unspecified atom stereocenters. The van der Waals surface area contributed by atoms with Crippen LogP contribution in [0.1, 0.15) is 93.5 Å². The van der Waals surface area contributed by atoms with Crippen LogP contribution in [0.2, 0.25) is 0 Å². The van der Waals surface area contributed by atoms with Gasteiger partial charge >= 0.3 is 0 Å². The number of thiophene rings is 1. The van der Waals surface area contributed by atoms with E-state index in [0.29, 0.717) is 0 Å². The molecule has 5 rings (SSSR count). The minimum Gasteiger partial charge on any atom is -0.139 e. The minimum absolute atomic E-state index is 0.164. The standard InChI is InChI=1S/C34H38S/c1-7-32(4,5)30-23-29-31(35-30)27-21-20-26(33(6,8-2)9-3)22-28(27)34(29,24-16-12-10-13-17-24)25-18-14-11-15-19-25/h10-23H,7-9H2,1-6H3. The van der Waals surface area contributed by atoms with Crippen molar-refractivity contribution >= 4 is 11.3 Å². The first-order chi connectivity index (χ1) is 16.8. The lowest BCUT2D eigenvalue weighted by Gasteiger charge is -2.35. The molecule has 1 aliphatic carbocycles. The van der Waals surface area contributed by atoms with Crippen molar-refractivity contribution in [2.24, 2.45) is 0 Å². The molecule has 0 N–H and O–H groups in total. The lowest BCUT2D eigenvalue weighted by atomic mass is 9.66. The van der Waals surface area contributed by atoms with E-state index in [4.69, 9.17) is 0 Å². The van der Waals surface area contributed by atoms with Crippen molar-refractivity contribution in [3.63, 3.8) is 0 Å². The van der Waals surface area contributed by atoms with Gasteiger partial charge in [-0.25, -0.2) is 0 Å². The molecule has 1 aromatic heterocycles. The molecule has 0 saturated heterocycles. The average molecular weight is 479 g/mol. The highest BCUT2D eigenvalue weighted by molar-refractivity contribution is 7.16. The van der Waals surface area contributed by atoms with Gasteiger partial charge in [0, 0.05) is 9.75 Å². The van der Waals surface area contributed by atoms with Crippen LogP contribution < -0.4 is 0 Å². The molecular weight excluding hydrogens is 440 g/mol. The van der Waals surface area contributed by atoms with Gasteiger partial charge in [-0.1, -0.05) is 120 Å². The van der Waals surface area contributed by atoms with E-state index in [1.807, 2.05) is 11.3 Å². The summed E-state index contributed by atoms with van der Waals surface area (Å²) in [5.41, 5.74) is 8.53. The summed E-state index contributed by atoms with van der Waals surface area (Å²) in [6.07, 6.45) is 3.42. The summed E-state index contributed by atoms with van der Waals surface area (Å²) in [4.78, 5) is 2.94. The summed E-state index contributed by atoms with van der Waals surface area (Å²) in [5.74, 6) is 0. The predicted molar refractivity (Wildman–Crippen MR) is 153 cm³/mol. The van der Waals surface area contributed by atoms with Crippen LogP contribution in [0.25, 0.3) is 10.4 Å². The number of hydrogen-bond acceptors (Lipinski definition) is 1. The highest BCUT2D eigenvalue weighted by Crippen LogP contribution is 2.60. The van der Waals surface area contributed by atoms with Crippen LogP contribution >= 0.6 is 11.3 Å². The SMILES string of the molecule is CCC(C)(C)c1cc2c(s1)-c1ccc(C(C)(CC)CC)cc1C2(c1ccccc1)c1ccccc1. The maximum atomic E-state index is 2.56. The first-order valence-electron chi connectivity index (χ1n) is 13.2. The molecule has 180 valence electrons. The maximum Gasteiger partial charge on any atom is 0.0722 e. The molecule has 0 amide bonds. The van der Waals surface area contributed by atoms with E-state index in [0.717, 1.165) is 19.3 Å². The molecule has 0 radical (unpaired) electrons. The number of hydrogen-bond donors (Lipinski definition) is 0. The molecule has 0 aliphatic heterocycles. The maximum absolute atomic E-state index is 2.56. The first-order valence-corrected chi connectivity index (χ1v) is 14.0. The van der Waals surface area contributed by atoms with Gasteiger partial charge in [-0.05, 0) is 69.5 Å². The van der Waals surface area contributed by atoms with Crippen molar-refractivity contribution in [3.8, 4) is 10.4 Å². The third kappa shape index (κ3) is 3.54. The van der Waals surface area contributed by atoms with Crippen LogP contribution in [0.4, 0.5) is 0 Å². The smallest absolute Gasteiger partial charge is 0.0722 e. The molecule has 35 heavy (non-hydrogen) atoms. The first kappa shape index (κ1) is 24.1. The Balaban J connectivity index is 1.91. The van der Waals surface area contributed by atoms with Gasteiger partial charge in [0.05, 0.1) is 5.41 Å². The highest BCUT2D eigenvalue weighted by atomic mass is 32.1. The van der Waals surface area contributed by atoms with E-state index in [-0.39, 0.29) is 16.2 Å². The summed E-state index contributed by atoms with van der Waals surface area (Å²) in [7, 11) is 0. The van der Waals surface area contributed by atoms with Crippen molar-refractivity contribution in [1.29, 1.82) is 0 Å². The Morgan fingerprint density at radius 2 is 1.23 bits per heavy atom. The van der Waals surface area contributed by atoms with E-state index in [9.17, 15) is 0 Å². The van der Waals surface area contributed by atoms with Gasteiger partial charge in [0.2, 0.25) is 0 Å². The fourth-order valence-corrected chi connectivity index (χ4v) is 7.20. The van der Waals surface area contributed by atoms with Crippen molar-refractivity contribution < 1.29 is 0 Å². The van der Waals surface area contributed by atoms with Gasteiger partial charge < -0.3 is 0 Å². The molecule has 3 aromatic carbocycles. The van der Waals surface area contributed by atoms with E-state index in [2.05, 4.69) is 126 Å². The fourth-order valence-electron chi connectivity index (χ4n) is 5.77. The summed E-state index contributed by atoms with van der Waals surface area (Å²) in [6, 6.07) is 32.4. The largest absolute Gasteiger partial charge is 0.139 e. The van der Waals surface area contributed by atoms with Gasteiger partial charge in [-0.3, -0.25) is 0 Å². The number of benzene rings is 3. The van der Waals surface area contributed by atoms with Gasteiger partial charge in [0.1, 0.15) is 0 Å². The van der Waals surface area contributed by atoms with Crippen LogP contribution in [-0.4, -0.2) is 0 Å². The Kier molecular flexibility index (Phi) is 6.04. The van der Waals surface area contributed by atoms with Crippen LogP contribution in [0.3, 0.4) is 0 Å². The van der Waals surface area contributed by atoms with Crippen molar-refractivity contribution in [2.75, 3.05) is 0 Å². The normalized spacial score (nSPS) is 14.6. The quantitative estimate of drug-likeness (QED) is 0.218. The Morgan fingerprint density at radius 3 is 1.74 bits per heavy atom. The zero-order valence-corrected chi connectivity index (χ0v) is 22.9. The summed E-state index contributed by atoms with van der Waals surface area (Å²) in [5, 5.41) is 0. The predicted octanol–water partition coefficient (Wildman–Crippen LogP) is 9.88. The second-order valence-electron chi connectivity index (χ2n) is 11.1. The molecule has 0 atom stereocenters. The highest BCUT2D eigenvalue weighted by Gasteiger charge is 2.48. The molecule has 0 spiro atoms. The second kappa shape index (κ2) is 8.79. The van der Waals surface area contributed by atoms with E-state index in [1.165, 1.54) is 43.1 Å². The summed E-state index contributed by atoms with van der Waals surface area (Å²) >= 11 is 2.01. The Hall–Kier alpha value is -2.64. The molecule has 0 bridgehead atoms. The second-order valence-corrected chi connectivity index (χ2v) is 12.2. The van der Waals surface area contributed by atoms with E-state index >= 15 is 0 Å². The summed E-state index contributed by atoms with van der Waals surface area (Å²) < 4.78 is 0. The zero-order valence-electron chi connectivity index (χ0n) is 22.1. The topological polar surface area (TPSA) is 0 Å². The van der Waals surface area contributed by atoms with E-state index in [1.54, 1.807) is 0 Å². The Morgan fingerprint density at radius 1 is 0.657 bits per heavy atom. The van der Waals surface area contributed by atoms with Crippen LogP contribution in [-0.2, 0) is 16.2 Å². The van der Waals surface area contributed by atoms with Crippen LogP contribution in [0, 0.1) is 0 Å². The molecule has 4 aromatic rings. The molecule has 1 heteroatoms. The van der Waals surface area contributed by atoms with Gasteiger partial charge in [-0.2, -0.15) is 0 Å². The molecule has 0 saturated carbocycles. The van der Waals surface area contributed by atoms with Crippen molar-refractivity contribution in [2.45, 2.75) is 77.0 Å². The third-order valence-electron chi connectivity index (χ3n) is 9.03. The molecular formula is C34H38S. The van der Waals surface area contributed by atoms with Gasteiger partial charge in [-0.15, -0.1) is 11.3 Å². The number of rotatable bonds is 7. The van der Waals surface area contributed by atoms with Crippen molar-refractivity contribution in [1.82, 2.24) is 0 Å². The molecule has 1 heterocycles. The van der Waals surface area contributed by atoms with Gasteiger partial charge in [0.15, 0.2) is 0 Å². The average Bonchev–Trinajstić information content (AvgIpc) is 3.46. The molecule has 0 fully saturated rings. The fraction of sp³-hybridized carbons (Fsp3) is 0.353. The van der Waals surface area contributed by atoms with Gasteiger partial charge in [0.25, 0.3) is 0 Å². The van der Waals surface area contributed by atoms with E-state index < -0.39 is 0 Å². The third-order valence-corrected chi connectivity index (χ3v) is 10.6. The molecule has 1 aliphatic rings. The monoisotopic (exact) mass is 478 g/mol. The Labute approximate surface area is 216 Å². The number of fused-ring (bicyclic) bond motifs is 3. The lowest BCUT2D eigenvalue weighted by molar-refractivity contribution is 0.438. The minimum atomic E-state index is -0.301. The summed E-state index contributed by atoms with van der Waals surface area (Å²) in [6.45, 7) is 14.2. The van der Waals surface area contributed by atoms with Crippen LogP contribution in [0.15, 0.2) is 84.9 Å². The lowest BCUT2D eigenvalue weighted by Crippen LogP contribution is -2.29. The zero-order chi connectivity index (χ0) is 24.8. The molecule has 0 nitrogen and oxygen atoms in total. The Bertz CT molecular complexity index is 1280.